The Kier molecular flexibility index (Phi) is 6.26. The van der Waals surface area contributed by atoms with E-state index in [1.807, 2.05) is 48.5 Å². The normalized spacial score (nSPS) is 9.62. The minimum absolute atomic E-state index is 0.260. The van der Waals surface area contributed by atoms with Gasteiger partial charge in [0.05, 0.1) is 7.11 Å². The van der Waals surface area contributed by atoms with Gasteiger partial charge in [-0.05, 0) is 62.4 Å². The molecule has 0 aliphatic carbocycles. The molecule has 24 heavy (non-hydrogen) atoms. The Morgan fingerprint density at radius 1 is 0.583 bits per heavy atom. The third-order valence-corrected chi connectivity index (χ3v) is 3.35. The fourth-order valence-electron chi connectivity index (χ4n) is 1.93. The van der Waals surface area contributed by atoms with Gasteiger partial charge in [-0.15, -0.1) is 0 Å². The summed E-state index contributed by atoms with van der Waals surface area (Å²) in [6, 6.07) is 22.7. The number of phenolic OH excluding ortho intramolecular Hbond substituents is 1. The van der Waals surface area contributed by atoms with Crippen molar-refractivity contribution in [3.05, 3.63) is 83.9 Å². The monoisotopic (exact) mass is 322 g/mol. The molecule has 0 spiro atoms. The van der Waals surface area contributed by atoms with E-state index in [2.05, 4.69) is 13.8 Å². The quantitative estimate of drug-likeness (QED) is 0.692. The van der Waals surface area contributed by atoms with Gasteiger partial charge in [-0.25, -0.2) is 0 Å². The second-order valence-corrected chi connectivity index (χ2v) is 5.43. The smallest absolute Gasteiger partial charge is 0.127 e. The molecule has 0 heterocycles. The Labute approximate surface area is 143 Å². The van der Waals surface area contributed by atoms with Crippen LogP contribution in [0.3, 0.4) is 0 Å². The van der Waals surface area contributed by atoms with Crippen LogP contribution in [0.15, 0.2) is 72.8 Å². The summed E-state index contributed by atoms with van der Waals surface area (Å²) < 4.78 is 10.5. The van der Waals surface area contributed by atoms with Crippen molar-refractivity contribution in [2.75, 3.05) is 7.11 Å². The predicted molar refractivity (Wildman–Crippen MR) is 97.1 cm³/mol. The van der Waals surface area contributed by atoms with Crippen molar-refractivity contribution in [2.24, 2.45) is 0 Å². The molecule has 0 unspecified atom stereocenters. The highest BCUT2D eigenvalue weighted by Crippen LogP contribution is 2.21. The second-order valence-electron chi connectivity index (χ2n) is 5.43. The van der Waals surface area contributed by atoms with Gasteiger partial charge in [0, 0.05) is 0 Å². The fraction of sp³-hybridized carbons (Fsp3) is 0.143. The Hall–Kier alpha value is -2.94. The number of aryl methyl sites for hydroxylation is 2. The number of phenols is 1. The molecule has 0 aliphatic heterocycles. The number of hydrogen-bond donors (Lipinski definition) is 1. The lowest BCUT2D eigenvalue weighted by atomic mass is 10.2. The molecule has 0 aromatic heterocycles. The zero-order valence-electron chi connectivity index (χ0n) is 14.2. The summed E-state index contributed by atoms with van der Waals surface area (Å²) in [5.41, 5.74) is 2.48. The molecule has 3 nitrogen and oxygen atoms in total. The highest BCUT2D eigenvalue weighted by molar-refractivity contribution is 5.34. The van der Waals surface area contributed by atoms with Crippen LogP contribution < -0.4 is 9.47 Å². The first-order valence-corrected chi connectivity index (χ1v) is 7.71. The van der Waals surface area contributed by atoms with Crippen LogP contribution in [0.5, 0.6) is 23.0 Å². The Morgan fingerprint density at radius 2 is 0.958 bits per heavy atom. The van der Waals surface area contributed by atoms with Gasteiger partial charge in [-0.2, -0.15) is 0 Å². The first-order valence-electron chi connectivity index (χ1n) is 7.71. The Morgan fingerprint density at radius 3 is 1.33 bits per heavy atom. The molecule has 3 heteroatoms. The van der Waals surface area contributed by atoms with Crippen LogP contribution in [0.2, 0.25) is 0 Å². The predicted octanol–water partition coefficient (Wildman–Crippen LogP) is 5.50. The largest absolute Gasteiger partial charge is 0.508 e. The van der Waals surface area contributed by atoms with Crippen LogP contribution in [-0.4, -0.2) is 12.2 Å². The molecular formula is C21H22O3. The topological polar surface area (TPSA) is 38.7 Å². The summed E-state index contributed by atoms with van der Waals surface area (Å²) in [7, 11) is 1.59. The number of methoxy groups -OCH3 is 1. The van der Waals surface area contributed by atoms with E-state index in [0.717, 1.165) is 17.2 Å². The van der Waals surface area contributed by atoms with Crippen molar-refractivity contribution in [3.63, 3.8) is 0 Å². The maximum atomic E-state index is 8.80. The standard InChI is InChI=1S/C14H14O.C7H8O2/c1-11-3-7-13(8-4-11)15-14-9-5-12(2)6-10-14;1-9-7-4-2-6(8)3-5-7/h3-10H,1-2H3;2-5,8H,1H3. The highest BCUT2D eigenvalue weighted by atomic mass is 16.5. The molecule has 0 aliphatic rings. The molecular weight excluding hydrogens is 300 g/mol. The highest BCUT2D eigenvalue weighted by Gasteiger charge is 1.95. The molecule has 0 bridgehead atoms. The SMILES string of the molecule is COc1ccc(O)cc1.Cc1ccc(Oc2ccc(C)cc2)cc1. The maximum Gasteiger partial charge on any atom is 0.127 e. The average molecular weight is 322 g/mol. The molecule has 0 amide bonds. The van der Waals surface area contributed by atoms with Crippen LogP contribution in [-0.2, 0) is 0 Å². The molecule has 3 aromatic rings. The zero-order chi connectivity index (χ0) is 17.4. The van der Waals surface area contributed by atoms with Gasteiger partial charge in [0.25, 0.3) is 0 Å². The summed E-state index contributed by atoms with van der Waals surface area (Å²) >= 11 is 0. The van der Waals surface area contributed by atoms with Gasteiger partial charge in [0.15, 0.2) is 0 Å². The van der Waals surface area contributed by atoms with E-state index in [9.17, 15) is 0 Å². The number of ether oxygens (including phenoxy) is 2. The van der Waals surface area contributed by atoms with Crippen molar-refractivity contribution in [1.82, 2.24) is 0 Å². The van der Waals surface area contributed by atoms with Gasteiger partial charge < -0.3 is 14.6 Å². The van der Waals surface area contributed by atoms with Crippen LogP contribution in [0, 0.1) is 13.8 Å². The molecule has 124 valence electrons. The minimum Gasteiger partial charge on any atom is -0.508 e. The van der Waals surface area contributed by atoms with Crippen molar-refractivity contribution < 1.29 is 14.6 Å². The number of aromatic hydroxyl groups is 1. The van der Waals surface area contributed by atoms with E-state index in [1.54, 1.807) is 31.4 Å². The Balaban J connectivity index is 0.000000198. The summed E-state index contributed by atoms with van der Waals surface area (Å²) in [5, 5.41) is 8.80. The fourth-order valence-corrected chi connectivity index (χ4v) is 1.93. The molecule has 3 rings (SSSR count). The van der Waals surface area contributed by atoms with Crippen molar-refractivity contribution in [1.29, 1.82) is 0 Å². The summed E-state index contributed by atoms with van der Waals surface area (Å²) in [6.07, 6.45) is 0. The molecule has 0 radical (unpaired) electrons. The third kappa shape index (κ3) is 5.69. The first kappa shape index (κ1) is 17.4. The minimum atomic E-state index is 0.260. The van der Waals surface area contributed by atoms with E-state index in [1.165, 1.54) is 11.1 Å². The summed E-state index contributed by atoms with van der Waals surface area (Å²) in [5.74, 6) is 2.78. The van der Waals surface area contributed by atoms with Crippen LogP contribution >= 0.6 is 0 Å². The van der Waals surface area contributed by atoms with Crippen molar-refractivity contribution in [2.45, 2.75) is 13.8 Å². The van der Waals surface area contributed by atoms with E-state index < -0.39 is 0 Å². The molecule has 1 N–H and O–H groups in total. The lowest BCUT2D eigenvalue weighted by Gasteiger charge is -2.05. The van der Waals surface area contributed by atoms with E-state index >= 15 is 0 Å². The maximum absolute atomic E-state index is 8.80. The number of hydrogen-bond acceptors (Lipinski definition) is 3. The summed E-state index contributed by atoms with van der Waals surface area (Å²) in [6.45, 7) is 4.13. The average Bonchev–Trinajstić information content (AvgIpc) is 2.60. The van der Waals surface area contributed by atoms with E-state index in [4.69, 9.17) is 14.6 Å². The molecule has 3 aromatic carbocycles. The van der Waals surface area contributed by atoms with Crippen LogP contribution in [0.1, 0.15) is 11.1 Å². The van der Waals surface area contributed by atoms with Gasteiger partial charge in [0.2, 0.25) is 0 Å². The number of benzene rings is 3. The first-order chi connectivity index (χ1) is 11.6. The Bertz CT molecular complexity index is 686. The van der Waals surface area contributed by atoms with Crippen LogP contribution in [0.25, 0.3) is 0 Å². The zero-order valence-corrected chi connectivity index (χ0v) is 14.2. The second kappa shape index (κ2) is 8.63. The lowest BCUT2D eigenvalue weighted by molar-refractivity contribution is 0.412. The third-order valence-electron chi connectivity index (χ3n) is 3.35. The number of rotatable bonds is 3. The molecule has 0 fully saturated rings. The van der Waals surface area contributed by atoms with Gasteiger partial charge in [-0.1, -0.05) is 35.4 Å². The lowest BCUT2D eigenvalue weighted by Crippen LogP contribution is -1.84. The molecule has 0 saturated carbocycles. The van der Waals surface area contributed by atoms with E-state index in [-0.39, 0.29) is 5.75 Å². The summed E-state index contributed by atoms with van der Waals surface area (Å²) in [4.78, 5) is 0. The van der Waals surface area contributed by atoms with E-state index in [0.29, 0.717) is 0 Å². The van der Waals surface area contributed by atoms with Crippen molar-refractivity contribution in [3.8, 4) is 23.0 Å². The molecule has 0 saturated heterocycles. The van der Waals surface area contributed by atoms with Gasteiger partial charge >= 0.3 is 0 Å². The van der Waals surface area contributed by atoms with Crippen LogP contribution in [0.4, 0.5) is 0 Å². The molecule has 0 atom stereocenters. The van der Waals surface area contributed by atoms with Gasteiger partial charge in [0.1, 0.15) is 23.0 Å². The van der Waals surface area contributed by atoms with Crippen molar-refractivity contribution >= 4 is 0 Å². The van der Waals surface area contributed by atoms with Gasteiger partial charge in [-0.3, -0.25) is 0 Å².